The van der Waals surface area contributed by atoms with Gasteiger partial charge in [0, 0.05) is 9.35 Å². The van der Waals surface area contributed by atoms with E-state index in [0.29, 0.717) is 11.5 Å². The van der Waals surface area contributed by atoms with Gasteiger partial charge in [-0.15, -0.1) is 11.3 Å². The summed E-state index contributed by atoms with van der Waals surface area (Å²) >= 11 is 4.85. The normalized spacial score (nSPS) is 10.9. The number of nitrogens with zero attached hydrogens (tertiary/aromatic N) is 2. The monoisotopic (exact) mass is 367 g/mol. The van der Waals surface area contributed by atoms with Gasteiger partial charge in [0.15, 0.2) is 0 Å². The number of hydrogen-bond donors (Lipinski definition) is 3. The number of nitrogens with two attached hydrogens (primary N) is 1. The number of anilines is 3. The fourth-order valence-electron chi connectivity index (χ4n) is 1.92. The Hall–Kier alpha value is -1.77. The van der Waals surface area contributed by atoms with Gasteiger partial charge in [0.2, 0.25) is 5.95 Å². The van der Waals surface area contributed by atoms with Crippen LogP contribution in [-0.2, 0) is 0 Å². The SMILES string of the molecule is Cc1cc2c(Nc3cc(Br)ccc3F)nc(NN)nc2s1. The highest BCUT2D eigenvalue weighted by molar-refractivity contribution is 9.10. The van der Waals surface area contributed by atoms with Crippen molar-refractivity contribution in [2.45, 2.75) is 6.92 Å². The number of nitrogens with one attached hydrogen (secondary N) is 2. The van der Waals surface area contributed by atoms with E-state index in [2.05, 4.69) is 36.6 Å². The number of benzene rings is 1. The zero-order valence-electron chi connectivity index (χ0n) is 10.9. The molecular weight excluding hydrogens is 357 g/mol. The van der Waals surface area contributed by atoms with E-state index in [1.165, 1.54) is 17.4 Å². The Morgan fingerprint density at radius 2 is 2.10 bits per heavy atom. The quantitative estimate of drug-likeness (QED) is 0.483. The summed E-state index contributed by atoms with van der Waals surface area (Å²) < 4.78 is 14.7. The van der Waals surface area contributed by atoms with Crippen LogP contribution in [0.2, 0.25) is 0 Å². The molecule has 3 aromatic rings. The van der Waals surface area contributed by atoms with Gasteiger partial charge in [0.05, 0.1) is 11.1 Å². The maximum absolute atomic E-state index is 13.9. The second-order valence-corrected chi connectivity index (χ2v) is 6.52. The van der Waals surface area contributed by atoms with E-state index >= 15 is 0 Å². The van der Waals surface area contributed by atoms with Crippen molar-refractivity contribution >= 4 is 54.9 Å². The zero-order valence-corrected chi connectivity index (χ0v) is 13.3. The van der Waals surface area contributed by atoms with Crippen LogP contribution in [0.25, 0.3) is 10.2 Å². The molecule has 4 N–H and O–H groups in total. The molecule has 3 rings (SSSR count). The summed E-state index contributed by atoms with van der Waals surface area (Å²) in [6.07, 6.45) is 0. The van der Waals surface area contributed by atoms with Crippen molar-refractivity contribution in [1.82, 2.24) is 9.97 Å². The topological polar surface area (TPSA) is 75.9 Å². The molecule has 0 aliphatic carbocycles. The first-order valence-electron chi connectivity index (χ1n) is 6.03. The summed E-state index contributed by atoms with van der Waals surface area (Å²) in [6, 6.07) is 6.63. The lowest BCUT2D eigenvalue weighted by Gasteiger charge is -2.09. The van der Waals surface area contributed by atoms with Crippen molar-refractivity contribution in [3.63, 3.8) is 0 Å². The molecular formula is C13H11BrFN5S. The van der Waals surface area contributed by atoms with Crippen molar-refractivity contribution in [2.24, 2.45) is 5.84 Å². The van der Waals surface area contributed by atoms with Crippen LogP contribution in [-0.4, -0.2) is 9.97 Å². The van der Waals surface area contributed by atoms with Crippen LogP contribution in [0, 0.1) is 12.7 Å². The lowest BCUT2D eigenvalue weighted by molar-refractivity contribution is 0.631. The molecule has 0 amide bonds. The van der Waals surface area contributed by atoms with Crippen molar-refractivity contribution in [3.05, 3.63) is 39.4 Å². The van der Waals surface area contributed by atoms with Crippen LogP contribution in [0.15, 0.2) is 28.7 Å². The van der Waals surface area contributed by atoms with Gasteiger partial charge in [-0.1, -0.05) is 15.9 Å². The fraction of sp³-hybridized carbons (Fsp3) is 0.0769. The third-order valence-corrected chi connectivity index (χ3v) is 4.26. The predicted molar refractivity (Wildman–Crippen MR) is 87.3 cm³/mol. The number of thiophene rings is 1. The Balaban J connectivity index is 2.12. The summed E-state index contributed by atoms with van der Waals surface area (Å²) in [5, 5.41) is 3.83. The number of rotatable bonds is 3. The first kappa shape index (κ1) is 14.2. The average Bonchev–Trinajstić information content (AvgIpc) is 2.83. The van der Waals surface area contributed by atoms with Gasteiger partial charge in [-0.2, -0.15) is 4.98 Å². The lowest BCUT2D eigenvalue weighted by atomic mass is 10.3. The number of halogens is 2. The highest BCUT2D eigenvalue weighted by Gasteiger charge is 2.12. The van der Waals surface area contributed by atoms with Crippen molar-refractivity contribution in [2.75, 3.05) is 10.7 Å². The Labute approximate surface area is 132 Å². The molecule has 0 aliphatic heterocycles. The standard InChI is InChI=1S/C13H11BrFN5S/c1-6-4-8-11(18-13(20-16)19-12(8)21-6)17-10-5-7(14)2-3-9(10)15/h2-5H,16H2,1H3,(H2,17,18,19,20). The number of hydrazine groups is 1. The first-order chi connectivity index (χ1) is 10.1. The summed E-state index contributed by atoms with van der Waals surface area (Å²) in [5.74, 6) is 5.81. The van der Waals surface area contributed by atoms with Crippen molar-refractivity contribution in [3.8, 4) is 0 Å². The minimum absolute atomic E-state index is 0.280. The number of hydrogen-bond acceptors (Lipinski definition) is 6. The minimum atomic E-state index is -0.362. The molecule has 1 aromatic carbocycles. The summed E-state index contributed by atoms with van der Waals surface area (Å²) in [4.78, 5) is 10.4. The Bertz CT molecular complexity index is 820. The van der Waals surface area contributed by atoms with Gasteiger partial charge in [-0.05, 0) is 31.2 Å². The highest BCUT2D eigenvalue weighted by Crippen LogP contribution is 2.32. The maximum atomic E-state index is 13.9. The van der Waals surface area contributed by atoms with E-state index in [1.807, 2.05) is 13.0 Å². The zero-order chi connectivity index (χ0) is 15.0. The van der Waals surface area contributed by atoms with Crippen molar-refractivity contribution in [1.29, 1.82) is 0 Å². The van der Waals surface area contributed by atoms with E-state index in [0.717, 1.165) is 19.6 Å². The third kappa shape index (κ3) is 2.82. The van der Waals surface area contributed by atoms with Gasteiger partial charge < -0.3 is 5.32 Å². The van der Waals surface area contributed by atoms with E-state index in [4.69, 9.17) is 5.84 Å². The average molecular weight is 368 g/mol. The fourth-order valence-corrected chi connectivity index (χ4v) is 3.16. The molecule has 2 aromatic heterocycles. The first-order valence-corrected chi connectivity index (χ1v) is 7.64. The van der Waals surface area contributed by atoms with Gasteiger partial charge in [0.1, 0.15) is 16.5 Å². The van der Waals surface area contributed by atoms with Gasteiger partial charge >= 0.3 is 0 Å². The Kier molecular flexibility index (Phi) is 3.75. The molecule has 0 radical (unpaired) electrons. The summed E-state index contributed by atoms with van der Waals surface area (Å²) in [6.45, 7) is 1.98. The third-order valence-electron chi connectivity index (χ3n) is 2.83. The van der Waals surface area contributed by atoms with E-state index in [9.17, 15) is 4.39 Å². The van der Waals surface area contributed by atoms with Crippen LogP contribution in [0.3, 0.4) is 0 Å². The van der Waals surface area contributed by atoms with Gasteiger partial charge in [-0.3, -0.25) is 5.43 Å². The van der Waals surface area contributed by atoms with E-state index in [1.54, 1.807) is 12.1 Å². The second-order valence-electron chi connectivity index (χ2n) is 4.37. The van der Waals surface area contributed by atoms with E-state index in [-0.39, 0.29) is 11.8 Å². The molecule has 5 nitrogen and oxygen atoms in total. The molecule has 8 heteroatoms. The molecule has 0 saturated heterocycles. The maximum Gasteiger partial charge on any atom is 0.240 e. The highest BCUT2D eigenvalue weighted by atomic mass is 79.9. The molecule has 0 fully saturated rings. The number of nitrogen functional groups attached to an aromatic ring is 1. The number of aryl methyl sites for hydroxylation is 1. The smallest absolute Gasteiger partial charge is 0.240 e. The lowest BCUT2D eigenvalue weighted by Crippen LogP contribution is -2.11. The van der Waals surface area contributed by atoms with Crippen LogP contribution >= 0.6 is 27.3 Å². The summed E-state index contributed by atoms with van der Waals surface area (Å²) in [5.41, 5.74) is 2.75. The Morgan fingerprint density at radius 1 is 1.29 bits per heavy atom. The van der Waals surface area contributed by atoms with Crippen LogP contribution in [0.5, 0.6) is 0 Å². The number of aromatic nitrogens is 2. The van der Waals surface area contributed by atoms with E-state index < -0.39 is 0 Å². The van der Waals surface area contributed by atoms with Crippen LogP contribution < -0.4 is 16.6 Å². The second kappa shape index (κ2) is 5.55. The molecule has 21 heavy (non-hydrogen) atoms. The molecule has 0 unspecified atom stereocenters. The molecule has 0 aliphatic rings. The van der Waals surface area contributed by atoms with Gasteiger partial charge in [0.25, 0.3) is 0 Å². The Morgan fingerprint density at radius 3 is 2.86 bits per heavy atom. The molecule has 108 valence electrons. The largest absolute Gasteiger partial charge is 0.337 e. The molecule has 0 bridgehead atoms. The molecule has 2 heterocycles. The summed E-state index contributed by atoms with van der Waals surface area (Å²) in [7, 11) is 0. The predicted octanol–water partition coefficient (Wildman–Crippen LogP) is 3.93. The van der Waals surface area contributed by atoms with Crippen LogP contribution in [0.1, 0.15) is 4.88 Å². The molecule has 0 spiro atoms. The van der Waals surface area contributed by atoms with Crippen molar-refractivity contribution < 1.29 is 4.39 Å². The number of fused-ring (bicyclic) bond motifs is 1. The molecule has 0 saturated carbocycles. The van der Waals surface area contributed by atoms with Gasteiger partial charge in [-0.25, -0.2) is 15.2 Å². The minimum Gasteiger partial charge on any atom is -0.337 e. The van der Waals surface area contributed by atoms with Crippen LogP contribution in [0.4, 0.5) is 21.8 Å². The molecule has 0 atom stereocenters.